The van der Waals surface area contributed by atoms with Gasteiger partial charge < -0.3 is 5.11 Å². The zero-order valence-electron chi connectivity index (χ0n) is 4.43. The number of hydrogen-bond donors (Lipinski definition) is 0. The summed E-state index contributed by atoms with van der Waals surface area (Å²) in [5.41, 5.74) is 0. The summed E-state index contributed by atoms with van der Waals surface area (Å²) in [6.45, 7) is 1.34. The van der Waals surface area contributed by atoms with Gasteiger partial charge in [0.05, 0.1) is 6.07 Å². The van der Waals surface area contributed by atoms with Gasteiger partial charge in [0, 0.05) is 6.08 Å². The summed E-state index contributed by atoms with van der Waals surface area (Å²) in [5, 5.41) is 17.5. The molecule has 32 valence electrons. The van der Waals surface area contributed by atoms with E-state index in [-0.39, 0.29) is 35.3 Å². The first-order valence-electron chi connectivity index (χ1n) is 1.51. The molecule has 0 aromatic rings. The van der Waals surface area contributed by atoms with Crippen molar-refractivity contribution >= 4 is 0 Å². The summed E-state index contributed by atoms with van der Waals surface area (Å²) in [6.07, 6.45) is 0.958. The van der Waals surface area contributed by atoms with E-state index in [1.54, 1.807) is 6.07 Å². The van der Waals surface area contributed by atoms with Gasteiger partial charge in [-0.05, 0) is 0 Å². The van der Waals surface area contributed by atoms with Crippen LogP contribution in [0.15, 0.2) is 11.8 Å². The van der Waals surface area contributed by atoms with Crippen molar-refractivity contribution in [3.8, 4) is 6.07 Å². The molecule has 0 fully saturated rings. The molecule has 0 aliphatic carbocycles. The zero-order valence-corrected chi connectivity index (χ0v) is 6.43. The van der Waals surface area contributed by atoms with E-state index in [2.05, 4.69) is 0 Å². The van der Waals surface area contributed by atoms with Crippen LogP contribution < -0.4 is 34.7 Å². The van der Waals surface area contributed by atoms with Crippen molar-refractivity contribution < 1.29 is 34.7 Å². The molecule has 0 spiro atoms. The second kappa shape index (κ2) is 6.03. The number of rotatable bonds is 0. The third-order valence-corrected chi connectivity index (χ3v) is 0.268. The van der Waals surface area contributed by atoms with Crippen LogP contribution in [0.3, 0.4) is 0 Å². The second-order valence-electron chi connectivity index (χ2n) is 0.884. The van der Waals surface area contributed by atoms with E-state index >= 15 is 0 Å². The van der Waals surface area contributed by atoms with Crippen molar-refractivity contribution in [2.75, 3.05) is 0 Å². The van der Waals surface area contributed by atoms with Crippen molar-refractivity contribution in [2.24, 2.45) is 0 Å². The van der Waals surface area contributed by atoms with Crippen molar-refractivity contribution in [2.45, 2.75) is 6.92 Å². The molecule has 0 heterocycles. The molecule has 0 rings (SSSR count). The Morgan fingerprint density at radius 2 is 2.29 bits per heavy atom. The van der Waals surface area contributed by atoms with E-state index in [0.717, 1.165) is 6.08 Å². The molecule has 0 radical (unpaired) electrons. The van der Waals surface area contributed by atoms with Crippen LogP contribution in [0.2, 0.25) is 0 Å². The fourth-order valence-corrected chi connectivity index (χ4v) is 0.0909. The van der Waals surface area contributed by atoms with Gasteiger partial charge in [-0.3, -0.25) is 0 Å². The molecule has 0 amide bonds. The predicted molar refractivity (Wildman–Crippen MR) is 19.4 cm³/mol. The molecule has 0 bridgehead atoms. The molecule has 3 heteroatoms. The van der Waals surface area contributed by atoms with Gasteiger partial charge in [-0.1, -0.05) is 6.92 Å². The Bertz CT molecular complexity index is 98.7. The summed E-state index contributed by atoms with van der Waals surface area (Å²) in [6, 6.07) is 1.59. The molecule has 0 unspecified atom stereocenters. The molecule has 0 N–H and O–H groups in total. The SMILES string of the molecule is CC([O-])=CC#N.[Na+]. The number of nitrogens with zero attached hydrogens (tertiary/aromatic N) is 1. The Morgan fingerprint density at radius 3 is 2.29 bits per heavy atom. The van der Waals surface area contributed by atoms with E-state index in [1.165, 1.54) is 6.92 Å². The first-order chi connectivity index (χ1) is 2.77. The third kappa shape index (κ3) is 10.7. The largest absolute Gasteiger partial charge is 1.00 e. The Balaban J connectivity index is 0. The first kappa shape index (κ1) is 10.1. The van der Waals surface area contributed by atoms with Gasteiger partial charge in [-0.15, -0.1) is 5.76 Å². The van der Waals surface area contributed by atoms with Gasteiger partial charge in [-0.25, -0.2) is 0 Å². The van der Waals surface area contributed by atoms with E-state index in [0.29, 0.717) is 0 Å². The summed E-state index contributed by atoms with van der Waals surface area (Å²) in [7, 11) is 0. The van der Waals surface area contributed by atoms with Crippen LogP contribution in [0.4, 0.5) is 0 Å². The van der Waals surface area contributed by atoms with Gasteiger partial charge in [0.1, 0.15) is 0 Å². The van der Waals surface area contributed by atoms with E-state index in [9.17, 15) is 5.11 Å². The summed E-state index contributed by atoms with van der Waals surface area (Å²) < 4.78 is 0. The van der Waals surface area contributed by atoms with E-state index in [1.807, 2.05) is 0 Å². The second-order valence-corrected chi connectivity index (χ2v) is 0.884. The average Bonchev–Trinajstić information content (AvgIpc) is 1.35. The molecule has 0 aliphatic heterocycles. The standard InChI is InChI=1S/C4H5NO.Na/c1-4(6)2-3-5;/h2,6H,1H3;/q;+1/p-1. The number of nitriles is 1. The van der Waals surface area contributed by atoms with Crippen LogP contribution in [0.5, 0.6) is 0 Å². The summed E-state index contributed by atoms with van der Waals surface area (Å²) in [4.78, 5) is 0. The molecule has 0 aliphatic rings. The monoisotopic (exact) mass is 105 g/mol. The normalized spacial score (nSPS) is 8.86. The summed E-state index contributed by atoms with van der Waals surface area (Å²) >= 11 is 0. The van der Waals surface area contributed by atoms with Crippen LogP contribution >= 0.6 is 0 Å². The Labute approximate surface area is 64.7 Å². The van der Waals surface area contributed by atoms with Crippen molar-refractivity contribution in [1.29, 1.82) is 5.26 Å². The van der Waals surface area contributed by atoms with Crippen molar-refractivity contribution in [3.63, 3.8) is 0 Å². The fourth-order valence-electron chi connectivity index (χ4n) is 0.0909. The molecule has 0 atom stereocenters. The van der Waals surface area contributed by atoms with Crippen LogP contribution in [0.1, 0.15) is 6.92 Å². The number of hydrogen-bond acceptors (Lipinski definition) is 2. The quantitative estimate of drug-likeness (QED) is 0.185. The van der Waals surface area contributed by atoms with Gasteiger partial charge >= 0.3 is 29.6 Å². The minimum absolute atomic E-state index is 0. The maximum absolute atomic E-state index is 9.77. The molecule has 7 heavy (non-hydrogen) atoms. The zero-order chi connectivity index (χ0) is 4.99. The molecular formula is C4H4NNaO. The van der Waals surface area contributed by atoms with Crippen molar-refractivity contribution in [3.05, 3.63) is 11.8 Å². The topological polar surface area (TPSA) is 46.8 Å². The molecule has 0 saturated carbocycles. The van der Waals surface area contributed by atoms with Gasteiger partial charge in [-0.2, -0.15) is 5.26 Å². The minimum atomic E-state index is -0.197. The van der Waals surface area contributed by atoms with Gasteiger partial charge in [0.15, 0.2) is 0 Å². The van der Waals surface area contributed by atoms with Crippen LogP contribution in [0, 0.1) is 11.3 Å². The first-order valence-corrected chi connectivity index (χ1v) is 1.51. The van der Waals surface area contributed by atoms with Gasteiger partial charge in [0.25, 0.3) is 0 Å². The molecular weight excluding hydrogens is 101 g/mol. The molecule has 2 nitrogen and oxygen atoms in total. The van der Waals surface area contributed by atoms with Crippen LogP contribution in [-0.4, -0.2) is 0 Å². The van der Waals surface area contributed by atoms with Gasteiger partial charge in [0.2, 0.25) is 0 Å². The smallest absolute Gasteiger partial charge is 0.875 e. The predicted octanol–water partition coefficient (Wildman–Crippen LogP) is -3.22. The average molecular weight is 105 g/mol. The summed E-state index contributed by atoms with van der Waals surface area (Å²) in [5.74, 6) is -0.197. The maximum Gasteiger partial charge on any atom is 1.00 e. The Morgan fingerprint density at radius 1 is 1.86 bits per heavy atom. The van der Waals surface area contributed by atoms with Crippen LogP contribution in [0.25, 0.3) is 0 Å². The fraction of sp³-hybridized carbons (Fsp3) is 0.250. The van der Waals surface area contributed by atoms with Crippen LogP contribution in [-0.2, 0) is 0 Å². The number of allylic oxidation sites excluding steroid dienone is 2. The Kier molecular flexibility index (Phi) is 8.70. The minimum Gasteiger partial charge on any atom is -0.875 e. The Hall–Kier alpha value is 0.0300. The molecule has 0 aromatic heterocycles. The molecule has 0 aromatic carbocycles. The van der Waals surface area contributed by atoms with E-state index in [4.69, 9.17) is 5.26 Å². The van der Waals surface area contributed by atoms with Crippen molar-refractivity contribution in [1.82, 2.24) is 0 Å². The maximum atomic E-state index is 9.77. The van der Waals surface area contributed by atoms with E-state index < -0.39 is 0 Å². The third-order valence-electron chi connectivity index (χ3n) is 0.268. The molecule has 0 saturated heterocycles.